The Morgan fingerprint density at radius 3 is 2.77 bits per heavy atom. The molecule has 0 heterocycles. The van der Waals surface area contributed by atoms with Gasteiger partial charge in [-0.2, -0.15) is 0 Å². The summed E-state index contributed by atoms with van der Waals surface area (Å²) in [4.78, 5) is 20.9. The topological polar surface area (TPSA) is 72.2 Å². The SMILES string of the molecule is CCC(=O)NCCCCC(N)C=O. The zero-order valence-electron chi connectivity index (χ0n) is 8.08. The minimum Gasteiger partial charge on any atom is -0.356 e. The van der Waals surface area contributed by atoms with Gasteiger partial charge in [-0.1, -0.05) is 6.92 Å². The van der Waals surface area contributed by atoms with Crippen LogP contribution in [0.4, 0.5) is 0 Å². The van der Waals surface area contributed by atoms with Crippen LogP contribution in [-0.2, 0) is 9.59 Å². The largest absolute Gasteiger partial charge is 0.356 e. The van der Waals surface area contributed by atoms with E-state index in [1.165, 1.54) is 0 Å². The van der Waals surface area contributed by atoms with Crippen LogP contribution in [0.3, 0.4) is 0 Å². The molecule has 0 aliphatic carbocycles. The minimum absolute atomic E-state index is 0.0692. The predicted octanol–water partition coefficient (Wildman–Crippen LogP) is 0.209. The molecular weight excluding hydrogens is 168 g/mol. The van der Waals surface area contributed by atoms with E-state index in [2.05, 4.69) is 5.32 Å². The molecule has 0 aromatic rings. The van der Waals surface area contributed by atoms with Crippen molar-refractivity contribution in [3.63, 3.8) is 0 Å². The molecule has 0 saturated heterocycles. The zero-order valence-corrected chi connectivity index (χ0v) is 8.08. The van der Waals surface area contributed by atoms with E-state index in [0.29, 0.717) is 19.4 Å². The van der Waals surface area contributed by atoms with Gasteiger partial charge in [-0.15, -0.1) is 0 Å². The lowest BCUT2D eigenvalue weighted by Crippen LogP contribution is -2.24. The number of hydrogen-bond acceptors (Lipinski definition) is 3. The molecule has 0 rings (SSSR count). The summed E-state index contributed by atoms with van der Waals surface area (Å²) >= 11 is 0. The van der Waals surface area contributed by atoms with Gasteiger partial charge >= 0.3 is 0 Å². The summed E-state index contributed by atoms with van der Waals surface area (Å²) in [5, 5.41) is 2.76. The molecule has 0 radical (unpaired) electrons. The number of nitrogens with two attached hydrogens (primary N) is 1. The Balaban J connectivity index is 3.17. The molecular formula is C9H18N2O2. The summed E-state index contributed by atoms with van der Waals surface area (Å²) in [5.41, 5.74) is 5.39. The molecule has 0 aromatic carbocycles. The maximum atomic E-state index is 10.8. The van der Waals surface area contributed by atoms with Crippen LogP contribution in [0.1, 0.15) is 32.6 Å². The number of aldehydes is 1. The summed E-state index contributed by atoms with van der Waals surface area (Å²) < 4.78 is 0. The van der Waals surface area contributed by atoms with E-state index in [1.54, 1.807) is 0 Å². The van der Waals surface area contributed by atoms with Crippen LogP contribution in [0.5, 0.6) is 0 Å². The lowest BCUT2D eigenvalue weighted by molar-refractivity contribution is -0.120. The van der Waals surface area contributed by atoms with Crippen molar-refractivity contribution in [2.45, 2.75) is 38.6 Å². The van der Waals surface area contributed by atoms with Crippen molar-refractivity contribution in [3.05, 3.63) is 0 Å². The molecule has 3 N–H and O–H groups in total. The van der Waals surface area contributed by atoms with E-state index < -0.39 is 0 Å². The summed E-state index contributed by atoms with van der Waals surface area (Å²) in [6.45, 7) is 2.50. The molecule has 4 heteroatoms. The molecule has 0 spiro atoms. The second-order valence-corrected chi connectivity index (χ2v) is 3.00. The van der Waals surface area contributed by atoms with Crippen molar-refractivity contribution in [2.75, 3.05) is 6.54 Å². The zero-order chi connectivity index (χ0) is 10.1. The number of unbranched alkanes of at least 4 members (excludes halogenated alkanes) is 1. The van der Waals surface area contributed by atoms with Crippen LogP contribution in [0, 0.1) is 0 Å². The van der Waals surface area contributed by atoms with Gasteiger partial charge in [0, 0.05) is 13.0 Å². The number of amides is 1. The van der Waals surface area contributed by atoms with Gasteiger partial charge in [0.15, 0.2) is 0 Å². The normalized spacial score (nSPS) is 12.2. The molecule has 1 amide bonds. The van der Waals surface area contributed by atoms with Crippen molar-refractivity contribution in [3.8, 4) is 0 Å². The smallest absolute Gasteiger partial charge is 0.219 e. The first-order chi connectivity index (χ1) is 6.20. The molecule has 76 valence electrons. The van der Waals surface area contributed by atoms with E-state index in [4.69, 9.17) is 5.73 Å². The maximum Gasteiger partial charge on any atom is 0.219 e. The van der Waals surface area contributed by atoms with Crippen molar-refractivity contribution < 1.29 is 9.59 Å². The van der Waals surface area contributed by atoms with Crippen molar-refractivity contribution in [1.29, 1.82) is 0 Å². The molecule has 0 fully saturated rings. The Hall–Kier alpha value is -0.900. The van der Waals surface area contributed by atoms with Crippen LogP contribution in [0.2, 0.25) is 0 Å². The Morgan fingerprint density at radius 1 is 1.54 bits per heavy atom. The highest BCUT2D eigenvalue weighted by Gasteiger charge is 1.99. The molecule has 0 aromatic heterocycles. The van der Waals surface area contributed by atoms with E-state index in [9.17, 15) is 9.59 Å². The Labute approximate surface area is 78.9 Å². The maximum absolute atomic E-state index is 10.8. The van der Waals surface area contributed by atoms with Gasteiger partial charge in [0.1, 0.15) is 6.29 Å². The summed E-state index contributed by atoms with van der Waals surface area (Å²) in [6.07, 6.45) is 3.74. The first kappa shape index (κ1) is 12.1. The fourth-order valence-electron chi connectivity index (χ4n) is 0.926. The van der Waals surface area contributed by atoms with Gasteiger partial charge in [-0.25, -0.2) is 0 Å². The molecule has 0 aliphatic heterocycles. The number of rotatable bonds is 7. The first-order valence-electron chi connectivity index (χ1n) is 4.68. The van der Waals surface area contributed by atoms with E-state index in [-0.39, 0.29) is 11.9 Å². The van der Waals surface area contributed by atoms with Crippen molar-refractivity contribution in [2.24, 2.45) is 5.73 Å². The number of nitrogens with one attached hydrogen (secondary N) is 1. The molecule has 1 unspecified atom stereocenters. The van der Waals surface area contributed by atoms with Gasteiger partial charge in [0.05, 0.1) is 6.04 Å². The van der Waals surface area contributed by atoms with Gasteiger partial charge < -0.3 is 15.8 Å². The first-order valence-corrected chi connectivity index (χ1v) is 4.68. The van der Waals surface area contributed by atoms with Gasteiger partial charge in [-0.05, 0) is 19.3 Å². The van der Waals surface area contributed by atoms with Crippen LogP contribution in [0.25, 0.3) is 0 Å². The molecule has 4 nitrogen and oxygen atoms in total. The van der Waals surface area contributed by atoms with Crippen LogP contribution in [-0.4, -0.2) is 24.8 Å². The van der Waals surface area contributed by atoms with E-state index >= 15 is 0 Å². The van der Waals surface area contributed by atoms with Gasteiger partial charge in [-0.3, -0.25) is 4.79 Å². The number of hydrogen-bond donors (Lipinski definition) is 2. The third-order valence-electron chi connectivity index (χ3n) is 1.78. The molecule has 1 atom stereocenters. The van der Waals surface area contributed by atoms with Crippen LogP contribution in [0.15, 0.2) is 0 Å². The fraction of sp³-hybridized carbons (Fsp3) is 0.778. The van der Waals surface area contributed by atoms with Gasteiger partial charge in [0.25, 0.3) is 0 Å². The fourth-order valence-corrected chi connectivity index (χ4v) is 0.926. The molecule has 0 saturated carbocycles. The highest BCUT2D eigenvalue weighted by atomic mass is 16.1. The molecule has 0 bridgehead atoms. The Morgan fingerprint density at radius 2 is 2.23 bits per heavy atom. The second kappa shape index (κ2) is 7.73. The Bertz CT molecular complexity index is 160. The minimum atomic E-state index is -0.345. The Kier molecular flexibility index (Phi) is 7.20. The monoisotopic (exact) mass is 186 g/mol. The summed E-state index contributed by atoms with van der Waals surface area (Å²) in [6, 6.07) is -0.345. The highest BCUT2D eigenvalue weighted by molar-refractivity contribution is 5.75. The lowest BCUT2D eigenvalue weighted by atomic mass is 10.1. The molecule has 13 heavy (non-hydrogen) atoms. The van der Waals surface area contributed by atoms with E-state index in [0.717, 1.165) is 19.1 Å². The number of carbonyl (C=O) groups is 2. The number of carbonyl (C=O) groups excluding carboxylic acids is 2. The standard InChI is InChI=1S/C9H18N2O2/c1-2-9(13)11-6-4-3-5-8(10)7-12/h7-8H,2-6,10H2,1H3,(H,11,13). The average Bonchev–Trinajstić information content (AvgIpc) is 2.16. The molecule has 0 aliphatic rings. The summed E-state index contributed by atoms with van der Waals surface area (Å²) in [7, 11) is 0. The quantitative estimate of drug-likeness (QED) is 0.441. The van der Waals surface area contributed by atoms with Crippen LogP contribution < -0.4 is 11.1 Å². The van der Waals surface area contributed by atoms with Gasteiger partial charge in [0.2, 0.25) is 5.91 Å². The van der Waals surface area contributed by atoms with Crippen molar-refractivity contribution in [1.82, 2.24) is 5.32 Å². The van der Waals surface area contributed by atoms with Crippen molar-refractivity contribution >= 4 is 12.2 Å². The third kappa shape index (κ3) is 7.46. The second-order valence-electron chi connectivity index (χ2n) is 3.00. The van der Waals surface area contributed by atoms with E-state index in [1.807, 2.05) is 6.92 Å². The average molecular weight is 186 g/mol. The highest BCUT2D eigenvalue weighted by Crippen LogP contribution is 1.95. The predicted molar refractivity (Wildman–Crippen MR) is 51.2 cm³/mol. The van der Waals surface area contributed by atoms with Crippen LogP contribution >= 0.6 is 0 Å². The summed E-state index contributed by atoms with van der Waals surface area (Å²) in [5.74, 6) is 0.0692. The third-order valence-corrected chi connectivity index (χ3v) is 1.78. The lowest BCUT2D eigenvalue weighted by Gasteiger charge is -2.04.